The molecule has 0 bridgehead atoms. The summed E-state index contributed by atoms with van der Waals surface area (Å²) in [4.78, 5) is 17.9. The second kappa shape index (κ2) is 9.74. The van der Waals surface area contributed by atoms with E-state index in [0.717, 1.165) is 60.4 Å². The van der Waals surface area contributed by atoms with E-state index in [1.54, 1.807) is 25.3 Å². The van der Waals surface area contributed by atoms with Crippen molar-refractivity contribution in [3.8, 4) is 0 Å². The van der Waals surface area contributed by atoms with Crippen molar-refractivity contribution in [1.82, 2.24) is 15.2 Å². The lowest BCUT2D eigenvalue weighted by atomic mass is 9.91. The molecule has 1 aliphatic heterocycles. The number of halogens is 2. The van der Waals surface area contributed by atoms with Crippen LogP contribution >= 0.6 is 11.6 Å². The number of allylic oxidation sites excluding steroid dienone is 2. The number of amides is 1. The molecule has 0 unspecified atom stereocenters. The summed E-state index contributed by atoms with van der Waals surface area (Å²) >= 11 is 6.53. The molecular formula is C25H28ClFN4O. The number of carbonyl (C=O) groups is 1. The lowest BCUT2D eigenvalue weighted by Crippen LogP contribution is -2.39. The molecule has 168 valence electrons. The van der Waals surface area contributed by atoms with Gasteiger partial charge in [0.15, 0.2) is 0 Å². The minimum Gasteiger partial charge on any atom is -0.370 e. The maximum absolute atomic E-state index is 13.4. The minimum absolute atomic E-state index is 0.0323. The minimum atomic E-state index is -0.248. The number of anilines is 1. The quantitative estimate of drug-likeness (QED) is 0.659. The molecule has 5 nitrogen and oxygen atoms in total. The van der Waals surface area contributed by atoms with Gasteiger partial charge in [-0.25, -0.2) is 9.37 Å². The fourth-order valence-corrected chi connectivity index (χ4v) is 4.59. The Hall–Kier alpha value is -2.86. The van der Waals surface area contributed by atoms with Gasteiger partial charge in [0, 0.05) is 50.1 Å². The Morgan fingerprint density at radius 1 is 1.16 bits per heavy atom. The normalized spacial score (nSPS) is 20.9. The first-order valence-electron chi connectivity index (χ1n) is 11.0. The highest BCUT2D eigenvalue weighted by atomic mass is 35.5. The van der Waals surface area contributed by atoms with Crippen LogP contribution in [0.1, 0.15) is 43.7 Å². The summed E-state index contributed by atoms with van der Waals surface area (Å²) in [5.41, 5.74) is 3.91. The zero-order chi connectivity index (χ0) is 22.7. The first kappa shape index (κ1) is 22.3. The number of carbonyl (C=O) groups excluding carboxylic acids is 1. The number of aromatic nitrogens is 1. The smallest absolute Gasteiger partial charge is 0.217 e. The highest BCUT2D eigenvalue weighted by molar-refractivity contribution is 6.32. The van der Waals surface area contributed by atoms with Crippen LogP contribution in [0, 0.1) is 5.82 Å². The van der Waals surface area contributed by atoms with Gasteiger partial charge in [-0.1, -0.05) is 17.7 Å². The molecule has 2 aromatic rings. The number of hydrogen-bond acceptors (Lipinski definition) is 4. The van der Waals surface area contributed by atoms with E-state index in [9.17, 15) is 9.18 Å². The second-order valence-corrected chi connectivity index (χ2v) is 8.93. The molecule has 1 saturated carbocycles. The number of hydrogen-bond donors (Lipinski definition) is 2. The van der Waals surface area contributed by atoms with Crippen LogP contribution in [0.2, 0.25) is 5.02 Å². The van der Waals surface area contributed by atoms with Gasteiger partial charge in [0.2, 0.25) is 5.91 Å². The summed E-state index contributed by atoms with van der Waals surface area (Å²) in [6.07, 6.45) is 9.78. The van der Waals surface area contributed by atoms with Crippen molar-refractivity contribution < 1.29 is 9.18 Å². The van der Waals surface area contributed by atoms with Gasteiger partial charge >= 0.3 is 0 Å². The molecule has 32 heavy (non-hydrogen) atoms. The first-order chi connectivity index (χ1) is 15.4. The van der Waals surface area contributed by atoms with Crippen molar-refractivity contribution in [2.45, 2.75) is 44.7 Å². The van der Waals surface area contributed by atoms with Crippen molar-refractivity contribution in [2.24, 2.45) is 0 Å². The molecule has 1 amide bonds. The zero-order valence-electron chi connectivity index (χ0n) is 18.4. The summed E-state index contributed by atoms with van der Waals surface area (Å²) in [5, 5.41) is 7.14. The Labute approximate surface area is 193 Å². The van der Waals surface area contributed by atoms with Crippen LogP contribution in [0.5, 0.6) is 0 Å². The van der Waals surface area contributed by atoms with Gasteiger partial charge < -0.3 is 15.5 Å². The number of nitrogens with zero attached hydrogens (tertiary/aromatic N) is 2. The summed E-state index contributed by atoms with van der Waals surface area (Å²) < 4.78 is 13.4. The van der Waals surface area contributed by atoms with Crippen LogP contribution in [-0.4, -0.2) is 41.5 Å². The number of benzene rings is 1. The van der Waals surface area contributed by atoms with Gasteiger partial charge in [0.05, 0.1) is 5.02 Å². The van der Waals surface area contributed by atoms with Crippen LogP contribution < -0.4 is 10.6 Å². The third-order valence-electron chi connectivity index (χ3n) is 6.08. The van der Waals surface area contributed by atoms with Crippen molar-refractivity contribution in [3.05, 3.63) is 70.6 Å². The largest absolute Gasteiger partial charge is 0.370 e. The van der Waals surface area contributed by atoms with E-state index < -0.39 is 0 Å². The zero-order valence-corrected chi connectivity index (χ0v) is 19.1. The molecule has 1 aromatic heterocycles. The summed E-state index contributed by atoms with van der Waals surface area (Å²) in [6.45, 7) is 2.30. The Balaban J connectivity index is 1.50. The standard InChI is InChI=1S/C25H28ClFN4O/c1-16(32)29-20-7-9-21(10-8-20)30-25-14-22(23(26)15-28-25)18-11-12-31(2)24(13-18)17-3-5-19(27)6-4-17/h3-6,11,13-15,20-21H,7-10,12H2,1-2H3,(H,28,30)(H,29,32). The lowest BCUT2D eigenvalue weighted by molar-refractivity contribution is -0.119. The average molecular weight is 455 g/mol. The van der Waals surface area contributed by atoms with E-state index in [-0.39, 0.29) is 17.8 Å². The number of likely N-dealkylation sites (N-methyl/N-ethyl adjacent to an activating group) is 1. The Morgan fingerprint density at radius 3 is 2.53 bits per heavy atom. The van der Waals surface area contributed by atoms with E-state index in [4.69, 9.17) is 11.6 Å². The van der Waals surface area contributed by atoms with Crippen LogP contribution in [-0.2, 0) is 4.79 Å². The maximum Gasteiger partial charge on any atom is 0.217 e. The molecule has 1 fully saturated rings. The van der Waals surface area contributed by atoms with Crippen molar-refractivity contribution in [1.29, 1.82) is 0 Å². The monoisotopic (exact) mass is 454 g/mol. The molecule has 2 heterocycles. The lowest BCUT2D eigenvalue weighted by Gasteiger charge is -2.30. The van der Waals surface area contributed by atoms with Gasteiger partial charge in [0.25, 0.3) is 0 Å². The van der Waals surface area contributed by atoms with Crippen LogP contribution in [0.15, 0.2) is 48.7 Å². The molecule has 0 spiro atoms. The van der Waals surface area contributed by atoms with E-state index in [0.29, 0.717) is 11.1 Å². The Bertz CT molecular complexity index is 1040. The topological polar surface area (TPSA) is 57.3 Å². The number of rotatable bonds is 5. The highest BCUT2D eigenvalue weighted by Gasteiger charge is 2.22. The van der Waals surface area contributed by atoms with E-state index >= 15 is 0 Å². The van der Waals surface area contributed by atoms with Gasteiger partial charge in [-0.05, 0) is 73.2 Å². The summed E-state index contributed by atoms with van der Waals surface area (Å²) in [7, 11) is 2.01. The third-order valence-corrected chi connectivity index (χ3v) is 6.38. The molecule has 7 heteroatoms. The van der Waals surface area contributed by atoms with E-state index in [1.807, 2.05) is 13.1 Å². The van der Waals surface area contributed by atoms with Crippen LogP contribution in [0.3, 0.4) is 0 Å². The first-order valence-corrected chi connectivity index (χ1v) is 11.4. The van der Waals surface area contributed by atoms with Crippen LogP contribution in [0.4, 0.5) is 10.2 Å². The van der Waals surface area contributed by atoms with Gasteiger partial charge in [-0.2, -0.15) is 0 Å². The van der Waals surface area contributed by atoms with Crippen LogP contribution in [0.25, 0.3) is 11.3 Å². The number of pyridine rings is 1. The van der Waals surface area contributed by atoms with Crippen molar-refractivity contribution >= 4 is 34.6 Å². The van der Waals surface area contributed by atoms with Gasteiger partial charge in [-0.3, -0.25) is 4.79 Å². The summed E-state index contributed by atoms with van der Waals surface area (Å²) in [6, 6.07) is 9.11. The fraction of sp³-hybridized carbons (Fsp3) is 0.360. The van der Waals surface area contributed by atoms with E-state index in [2.05, 4.69) is 32.7 Å². The predicted molar refractivity (Wildman–Crippen MR) is 128 cm³/mol. The molecule has 1 aliphatic carbocycles. The molecule has 0 atom stereocenters. The van der Waals surface area contributed by atoms with E-state index in [1.165, 1.54) is 12.1 Å². The molecule has 4 rings (SSSR count). The molecule has 1 aromatic carbocycles. The molecule has 2 aliphatic rings. The Morgan fingerprint density at radius 2 is 1.84 bits per heavy atom. The maximum atomic E-state index is 13.4. The van der Waals surface area contributed by atoms with Crippen molar-refractivity contribution in [2.75, 3.05) is 18.9 Å². The fourth-order valence-electron chi connectivity index (χ4n) is 4.38. The second-order valence-electron chi connectivity index (χ2n) is 8.52. The molecule has 2 N–H and O–H groups in total. The predicted octanol–water partition coefficient (Wildman–Crippen LogP) is 5.10. The summed E-state index contributed by atoms with van der Waals surface area (Å²) in [5.74, 6) is 0.580. The highest BCUT2D eigenvalue weighted by Crippen LogP contribution is 2.33. The Kier molecular flexibility index (Phi) is 6.80. The van der Waals surface area contributed by atoms with Gasteiger partial charge in [-0.15, -0.1) is 0 Å². The SMILES string of the molecule is CC(=O)NC1CCC(Nc2cc(C3=CCN(C)C(c4ccc(F)cc4)=C3)c(Cl)cn2)CC1. The average Bonchev–Trinajstić information content (AvgIpc) is 2.77. The van der Waals surface area contributed by atoms with Crippen molar-refractivity contribution in [3.63, 3.8) is 0 Å². The molecular weight excluding hydrogens is 427 g/mol. The third kappa shape index (κ3) is 5.30. The molecule has 0 radical (unpaired) electrons. The van der Waals surface area contributed by atoms with Gasteiger partial charge in [0.1, 0.15) is 11.6 Å². The molecule has 0 saturated heterocycles. The number of nitrogens with one attached hydrogen (secondary N) is 2.